The monoisotopic (exact) mass is 1320 g/mol. The van der Waals surface area contributed by atoms with Crippen LogP contribution in [0.25, 0.3) is 134 Å². The molecule has 97 heavy (non-hydrogen) atoms. The van der Waals surface area contributed by atoms with Crippen molar-refractivity contribution in [3.05, 3.63) is 339 Å². The molecule has 2 N–H and O–H groups in total. The summed E-state index contributed by atoms with van der Waals surface area (Å²) in [5, 5.41) is 23.1. The van der Waals surface area contributed by atoms with Crippen LogP contribution in [0.15, 0.2) is 315 Å². The smallest absolute Gasteiger partial charge is 0.134 e. The fourth-order valence-corrected chi connectivity index (χ4v) is 12.3. The molecule has 476 valence electrons. The van der Waals surface area contributed by atoms with Crippen molar-refractivity contribution >= 4 is 23.2 Å². The molecule has 0 atom stereocenters. The van der Waals surface area contributed by atoms with E-state index in [0.717, 1.165) is 90.0 Å². The summed E-state index contributed by atoms with van der Waals surface area (Å²) in [6.07, 6.45) is 0. The Morgan fingerprint density at radius 2 is 0.433 bits per heavy atom. The number of phenols is 2. The van der Waals surface area contributed by atoms with Crippen LogP contribution in [0.4, 0.5) is 17.6 Å². The number of ether oxygens (including phenoxy) is 2. The minimum Gasteiger partial charge on any atom is -0.507 e. The highest BCUT2D eigenvalue weighted by molar-refractivity contribution is 6.40. The molecule has 0 saturated carbocycles. The molecule has 0 unspecified atom stereocenters. The highest BCUT2D eigenvalue weighted by Gasteiger charge is 2.24. The Kier molecular flexibility index (Phi) is 20.5. The molecule has 14 rings (SSSR count). The van der Waals surface area contributed by atoms with Gasteiger partial charge >= 0.3 is 0 Å². The quantitative estimate of drug-likeness (QED) is 0.0841. The molecule has 0 aliphatic rings. The number of rotatable bonds is 14. The third-order valence-corrected chi connectivity index (χ3v) is 16.9. The van der Waals surface area contributed by atoms with Gasteiger partial charge in [0.15, 0.2) is 0 Å². The molecule has 0 radical (unpaired) electrons. The van der Waals surface area contributed by atoms with E-state index in [0.29, 0.717) is 33.8 Å². The molecule has 0 saturated heterocycles. The van der Waals surface area contributed by atoms with Crippen LogP contribution in [0.3, 0.4) is 0 Å². The normalized spacial score (nSPS) is 10.8. The van der Waals surface area contributed by atoms with E-state index in [9.17, 15) is 10.2 Å². The zero-order chi connectivity index (χ0) is 67.4. The molecular formula is C87H62Cl2F4O4. The second-order valence-corrected chi connectivity index (χ2v) is 23.5. The van der Waals surface area contributed by atoms with Gasteiger partial charge in [-0.25, -0.2) is 17.6 Å². The average Bonchev–Trinajstić information content (AvgIpc) is 0.790. The molecular weight excluding hydrogens is 1260 g/mol. The van der Waals surface area contributed by atoms with Crippen molar-refractivity contribution in [2.24, 2.45) is 0 Å². The third-order valence-electron chi connectivity index (χ3n) is 16.9. The second kappa shape index (κ2) is 30.3. The van der Waals surface area contributed by atoms with E-state index in [1.165, 1.54) is 6.07 Å². The van der Waals surface area contributed by atoms with E-state index in [2.05, 4.69) is 48.5 Å². The first-order valence-electron chi connectivity index (χ1n) is 31.2. The summed E-state index contributed by atoms with van der Waals surface area (Å²) in [4.78, 5) is 0. The van der Waals surface area contributed by atoms with Crippen molar-refractivity contribution in [1.29, 1.82) is 0 Å². The Balaban J connectivity index is 0.000000178. The Bertz CT molecular complexity index is 4780. The van der Waals surface area contributed by atoms with Gasteiger partial charge in [0, 0.05) is 78.9 Å². The summed E-state index contributed by atoms with van der Waals surface area (Å²) in [5.41, 5.74) is 16.2. The molecule has 0 heterocycles. The third kappa shape index (κ3) is 14.3. The van der Waals surface area contributed by atoms with Crippen LogP contribution in [-0.4, -0.2) is 29.8 Å². The van der Waals surface area contributed by atoms with Gasteiger partial charge in [-0.3, -0.25) is 0 Å². The summed E-state index contributed by atoms with van der Waals surface area (Å²) in [6, 6.07) is 97.9. The van der Waals surface area contributed by atoms with Crippen LogP contribution >= 0.6 is 23.2 Å². The molecule has 0 fully saturated rings. The first-order chi connectivity index (χ1) is 47.4. The lowest BCUT2D eigenvalue weighted by Gasteiger charge is -2.18. The summed E-state index contributed by atoms with van der Waals surface area (Å²) in [6.45, 7) is 0. The van der Waals surface area contributed by atoms with Crippen molar-refractivity contribution in [3.8, 4) is 157 Å². The number of hydrogen-bond acceptors (Lipinski definition) is 4. The first-order valence-corrected chi connectivity index (χ1v) is 32.2. The molecule has 10 heteroatoms. The zero-order valence-corrected chi connectivity index (χ0v) is 54.2. The number of aromatic hydroxyl groups is 2. The largest absolute Gasteiger partial charge is 0.507 e. The van der Waals surface area contributed by atoms with Crippen LogP contribution in [0.5, 0.6) is 23.0 Å². The number of hydrogen-bond donors (Lipinski definition) is 2. The number of benzene rings is 14. The number of alkyl halides is 2. The molecule has 0 aliphatic carbocycles. The van der Waals surface area contributed by atoms with Gasteiger partial charge in [0.1, 0.15) is 46.3 Å². The molecule has 0 aliphatic heterocycles. The Morgan fingerprint density at radius 1 is 0.227 bits per heavy atom. The molecule has 14 aromatic rings. The van der Waals surface area contributed by atoms with Gasteiger partial charge in [-0.05, 0) is 103 Å². The number of halogens is 6. The van der Waals surface area contributed by atoms with E-state index < -0.39 is 23.3 Å². The Morgan fingerprint density at radius 3 is 0.711 bits per heavy atom. The van der Waals surface area contributed by atoms with Gasteiger partial charge in [-0.15, -0.1) is 23.2 Å². The first kappa shape index (κ1) is 65.6. The summed E-state index contributed by atoms with van der Waals surface area (Å²) in [7, 11) is 3.14. The maximum absolute atomic E-state index is 15.8. The van der Waals surface area contributed by atoms with Crippen LogP contribution in [0.1, 0.15) is 0 Å². The summed E-state index contributed by atoms with van der Waals surface area (Å²) < 4.78 is 74.4. The SMILES string of the molecule is COc1c(-c2cccc(-c3ccccc3)c2)cccc1-c1cc(-c2cccc(-c3cccc(-c4ccccc4)c3)c2OC)c(F)cc1F.ClCCl.Oc1c(-c2cccc(-c3ccccc3)c2)cccc1-c1cc(-c2cccc(-c3cccc(-c4ccccc4)c3)c2O)c(F)cc1F. The average molecular weight is 1320 g/mol. The summed E-state index contributed by atoms with van der Waals surface area (Å²) >= 11 is 9.53. The minimum atomic E-state index is -0.821. The van der Waals surface area contributed by atoms with Crippen molar-refractivity contribution in [2.75, 3.05) is 19.6 Å². The van der Waals surface area contributed by atoms with Gasteiger partial charge in [0.25, 0.3) is 0 Å². The van der Waals surface area contributed by atoms with Crippen molar-refractivity contribution < 1.29 is 37.2 Å². The van der Waals surface area contributed by atoms with E-state index in [-0.39, 0.29) is 50.2 Å². The van der Waals surface area contributed by atoms with E-state index in [4.69, 9.17) is 32.7 Å². The summed E-state index contributed by atoms with van der Waals surface area (Å²) in [5.74, 6) is -2.27. The molecule has 0 amide bonds. The molecule has 14 aromatic carbocycles. The zero-order valence-electron chi connectivity index (χ0n) is 52.7. The highest BCUT2D eigenvalue weighted by Crippen LogP contribution is 2.48. The standard InChI is InChI=1S/C44H32F2O2.C42H28F2O2.CH2Cl2/c1-47-43-35(33-19-9-17-31(25-33)29-13-5-3-6-14-29)21-11-23-37(43)39-27-40(42(46)28-41(39)45)38-24-12-22-36(44(38)48-2)34-20-10-18-32(26-34)30-15-7-4-8-16-30;43-39-26-40(44)38(36-22-10-20-34(42(36)46)32-18-8-16-30(24-32)28-13-5-2-6-14-28)25-37(39)35-21-9-19-33(41(35)45)31-17-7-15-29(23-31)27-11-3-1-4-12-27;2-1-3/h3-28H,1-2H3;1-26,45-46H;1H2. The predicted molar refractivity (Wildman–Crippen MR) is 391 cm³/mol. The number of para-hydroxylation sites is 4. The van der Waals surface area contributed by atoms with Gasteiger partial charge in [-0.2, -0.15) is 0 Å². The van der Waals surface area contributed by atoms with Crippen LogP contribution < -0.4 is 9.47 Å². The Hall–Kier alpha value is -11.4. The maximum atomic E-state index is 15.8. The van der Waals surface area contributed by atoms with Crippen molar-refractivity contribution in [3.63, 3.8) is 0 Å². The minimum absolute atomic E-state index is 0.0193. The fourth-order valence-electron chi connectivity index (χ4n) is 12.3. The van der Waals surface area contributed by atoms with Gasteiger partial charge in [-0.1, -0.05) is 267 Å². The fraction of sp³-hybridized carbons (Fsp3) is 0.0345. The Labute approximate surface area is 571 Å². The lowest BCUT2D eigenvalue weighted by molar-refractivity contribution is 0.417. The van der Waals surface area contributed by atoms with Crippen LogP contribution in [0, 0.1) is 23.3 Å². The van der Waals surface area contributed by atoms with Crippen molar-refractivity contribution in [1.82, 2.24) is 0 Å². The van der Waals surface area contributed by atoms with Crippen LogP contribution in [-0.2, 0) is 0 Å². The van der Waals surface area contributed by atoms with E-state index >= 15 is 17.6 Å². The highest BCUT2D eigenvalue weighted by atomic mass is 35.5. The number of phenolic OH excluding ortho intramolecular Hbond substituents is 2. The molecule has 4 nitrogen and oxygen atoms in total. The van der Waals surface area contributed by atoms with Gasteiger partial charge in [0.2, 0.25) is 0 Å². The molecule has 0 aromatic heterocycles. The topological polar surface area (TPSA) is 58.9 Å². The van der Waals surface area contributed by atoms with Gasteiger partial charge < -0.3 is 19.7 Å². The van der Waals surface area contributed by atoms with E-state index in [1.54, 1.807) is 68.8 Å². The molecule has 0 bridgehead atoms. The second-order valence-electron chi connectivity index (χ2n) is 22.7. The van der Waals surface area contributed by atoms with Gasteiger partial charge in [0.05, 0.1) is 19.6 Å². The maximum Gasteiger partial charge on any atom is 0.134 e. The molecule has 0 spiro atoms. The number of methoxy groups -OCH3 is 2. The van der Waals surface area contributed by atoms with Crippen LogP contribution in [0.2, 0.25) is 0 Å². The van der Waals surface area contributed by atoms with E-state index in [1.807, 2.05) is 194 Å². The lowest BCUT2D eigenvalue weighted by Crippen LogP contribution is -1.98. The predicted octanol–water partition coefficient (Wildman–Crippen LogP) is 24.8. The lowest BCUT2D eigenvalue weighted by atomic mass is 9.91. The van der Waals surface area contributed by atoms with Crippen molar-refractivity contribution in [2.45, 2.75) is 0 Å².